The molecule has 20 heavy (non-hydrogen) atoms. The van der Waals surface area contributed by atoms with Crippen LogP contribution in [0.5, 0.6) is 0 Å². The van der Waals surface area contributed by atoms with Crippen LogP contribution in [-0.4, -0.2) is 17.6 Å². The molecule has 1 aromatic heterocycles. The van der Waals surface area contributed by atoms with Gasteiger partial charge in [-0.3, -0.25) is 0 Å². The number of nitrogens with one attached hydrogen (secondary N) is 1. The van der Waals surface area contributed by atoms with Gasteiger partial charge in [-0.1, -0.05) is 48.0 Å². The van der Waals surface area contributed by atoms with E-state index in [2.05, 4.69) is 71.3 Å². The highest BCUT2D eigenvalue weighted by Crippen LogP contribution is 2.29. The summed E-state index contributed by atoms with van der Waals surface area (Å²) in [5, 5.41) is 4.70. The number of hydrogen-bond donors (Lipinski definition) is 1. The van der Waals surface area contributed by atoms with Gasteiger partial charge >= 0.3 is 0 Å². The topological polar surface area (TPSA) is 24.9 Å². The first-order valence-electron chi connectivity index (χ1n) is 6.95. The first kappa shape index (κ1) is 15.7. The first-order valence-corrected chi connectivity index (χ1v) is 8.56. The third-order valence-corrected chi connectivity index (χ3v) is 4.89. The Bertz CT molecular complexity index is 551. The Balaban J connectivity index is 2.18. The Morgan fingerprint density at radius 3 is 2.65 bits per heavy atom. The Morgan fingerprint density at radius 1 is 1.30 bits per heavy atom. The molecule has 1 heterocycles. The van der Waals surface area contributed by atoms with E-state index in [9.17, 15) is 0 Å². The van der Waals surface area contributed by atoms with E-state index in [0.29, 0.717) is 12.0 Å². The van der Waals surface area contributed by atoms with E-state index in [1.807, 2.05) is 6.20 Å². The van der Waals surface area contributed by atoms with Crippen molar-refractivity contribution < 1.29 is 0 Å². The van der Waals surface area contributed by atoms with E-state index in [0.717, 1.165) is 18.0 Å². The van der Waals surface area contributed by atoms with Gasteiger partial charge in [0.15, 0.2) is 0 Å². The Hall–Kier alpha value is -0.710. The van der Waals surface area contributed by atoms with Crippen molar-refractivity contribution in [3.8, 4) is 0 Å². The van der Waals surface area contributed by atoms with Crippen molar-refractivity contribution >= 4 is 27.3 Å². The number of benzene rings is 1. The number of rotatable bonds is 6. The van der Waals surface area contributed by atoms with Crippen molar-refractivity contribution in [2.75, 3.05) is 6.54 Å². The third-order valence-electron chi connectivity index (χ3n) is 3.23. The molecule has 1 atom stereocenters. The van der Waals surface area contributed by atoms with Gasteiger partial charge in [0.05, 0.1) is 5.01 Å². The second kappa shape index (κ2) is 7.34. The highest BCUT2D eigenvalue weighted by molar-refractivity contribution is 9.10. The summed E-state index contributed by atoms with van der Waals surface area (Å²) < 4.78 is 1.19. The quantitative estimate of drug-likeness (QED) is 0.825. The van der Waals surface area contributed by atoms with Crippen molar-refractivity contribution in [1.82, 2.24) is 10.3 Å². The molecule has 2 rings (SSSR count). The molecule has 1 unspecified atom stereocenters. The number of aromatic nitrogens is 1. The molecule has 1 N–H and O–H groups in total. The van der Waals surface area contributed by atoms with Crippen LogP contribution in [-0.2, 0) is 6.42 Å². The highest BCUT2D eigenvalue weighted by Gasteiger charge is 2.16. The Labute approximate surface area is 133 Å². The van der Waals surface area contributed by atoms with Gasteiger partial charge < -0.3 is 5.32 Å². The standard InChI is InChI=1S/C16H21BrN2S/c1-11(2)18-9-13(8-14-10-19-12(3)20-14)15-6-4-5-7-16(15)17/h4-7,10-11,13,18H,8-9H2,1-3H3. The van der Waals surface area contributed by atoms with Crippen LogP contribution in [0.1, 0.15) is 35.2 Å². The second-order valence-corrected chi connectivity index (χ2v) is 7.50. The Morgan fingerprint density at radius 2 is 2.05 bits per heavy atom. The van der Waals surface area contributed by atoms with Gasteiger partial charge in [0, 0.05) is 34.1 Å². The van der Waals surface area contributed by atoms with E-state index in [1.54, 1.807) is 11.3 Å². The average molecular weight is 353 g/mol. The average Bonchev–Trinajstić information content (AvgIpc) is 2.81. The lowest BCUT2D eigenvalue weighted by Crippen LogP contribution is -2.29. The summed E-state index contributed by atoms with van der Waals surface area (Å²) in [4.78, 5) is 5.72. The first-order chi connectivity index (χ1) is 9.56. The maximum atomic E-state index is 4.37. The lowest BCUT2D eigenvalue weighted by atomic mass is 9.95. The van der Waals surface area contributed by atoms with Gasteiger partial charge in [-0.05, 0) is 25.0 Å². The molecule has 0 amide bonds. The van der Waals surface area contributed by atoms with Crippen molar-refractivity contribution in [1.29, 1.82) is 0 Å². The maximum Gasteiger partial charge on any atom is 0.0896 e. The molecule has 0 bridgehead atoms. The highest BCUT2D eigenvalue weighted by atomic mass is 79.9. The zero-order chi connectivity index (χ0) is 14.5. The SMILES string of the molecule is Cc1ncc(CC(CNC(C)C)c2ccccc2Br)s1. The van der Waals surface area contributed by atoms with Crippen LogP contribution >= 0.6 is 27.3 Å². The molecule has 0 spiro atoms. The number of aryl methyl sites for hydroxylation is 1. The predicted octanol–water partition coefficient (Wildman–Crippen LogP) is 4.54. The van der Waals surface area contributed by atoms with Crippen LogP contribution in [0, 0.1) is 6.92 Å². The number of halogens is 1. The molecule has 2 nitrogen and oxygen atoms in total. The van der Waals surface area contributed by atoms with Crippen LogP contribution in [0.4, 0.5) is 0 Å². The molecule has 0 radical (unpaired) electrons. The van der Waals surface area contributed by atoms with E-state index >= 15 is 0 Å². The van der Waals surface area contributed by atoms with Gasteiger partial charge in [-0.25, -0.2) is 4.98 Å². The van der Waals surface area contributed by atoms with Crippen LogP contribution < -0.4 is 5.32 Å². The monoisotopic (exact) mass is 352 g/mol. The summed E-state index contributed by atoms with van der Waals surface area (Å²) >= 11 is 5.48. The fourth-order valence-electron chi connectivity index (χ4n) is 2.22. The van der Waals surface area contributed by atoms with Crippen molar-refractivity contribution in [3.05, 3.63) is 50.4 Å². The lowest BCUT2D eigenvalue weighted by Gasteiger charge is -2.20. The largest absolute Gasteiger partial charge is 0.314 e. The lowest BCUT2D eigenvalue weighted by molar-refractivity contribution is 0.527. The summed E-state index contributed by atoms with van der Waals surface area (Å²) in [5.74, 6) is 0.466. The van der Waals surface area contributed by atoms with Gasteiger partial charge in [-0.15, -0.1) is 11.3 Å². The van der Waals surface area contributed by atoms with E-state index in [1.165, 1.54) is 14.9 Å². The molecule has 108 valence electrons. The zero-order valence-electron chi connectivity index (χ0n) is 12.2. The van der Waals surface area contributed by atoms with E-state index in [4.69, 9.17) is 0 Å². The van der Waals surface area contributed by atoms with Crippen LogP contribution in [0.25, 0.3) is 0 Å². The summed E-state index contributed by atoms with van der Waals surface area (Å²) in [6.45, 7) is 7.42. The molecule has 4 heteroatoms. The normalized spacial score (nSPS) is 12.8. The van der Waals surface area contributed by atoms with Crippen LogP contribution in [0.15, 0.2) is 34.9 Å². The van der Waals surface area contributed by atoms with Crippen molar-refractivity contribution in [2.24, 2.45) is 0 Å². The summed E-state index contributed by atoms with van der Waals surface area (Å²) in [7, 11) is 0. The number of nitrogens with zero attached hydrogens (tertiary/aromatic N) is 1. The molecule has 0 saturated heterocycles. The van der Waals surface area contributed by atoms with Gasteiger partial charge in [0.2, 0.25) is 0 Å². The van der Waals surface area contributed by atoms with Crippen molar-refractivity contribution in [3.63, 3.8) is 0 Å². The molecule has 0 fully saturated rings. The molecule has 0 aliphatic heterocycles. The van der Waals surface area contributed by atoms with Gasteiger partial charge in [0.25, 0.3) is 0 Å². The maximum absolute atomic E-state index is 4.37. The molecule has 1 aromatic carbocycles. The van der Waals surface area contributed by atoms with Crippen molar-refractivity contribution in [2.45, 2.75) is 39.2 Å². The molecule has 0 aliphatic rings. The van der Waals surface area contributed by atoms with E-state index in [-0.39, 0.29) is 0 Å². The number of thiazole rings is 1. The number of hydrogen-bond acceptors (Lipinski definition) is 3. The smallest absolute Gasteiger partial charge is 0.0896 e. The Kier molecular flexibility index (Phi) is 5.75. The fraction of sp³-hybridized carbons (Fsp3) is 0.438. The molecular weight excluding hydrogens is 332 g/mol. The molecule has 0 saturated carbocycles. The third kappa shape index (κ3) is 4.40. The molecule has 0 aliphatic carbocycles. The minimum atomic E-state index is 0.466. The fourth-order valence-corrected chi connectivity index (χ4v) is 3.70. The van der Waals surface area contributed by atoms with Crippen LogP contribution in [0.2, 0.25) is 0 Å². The van der Waals surface area contributed by atoms with Gasteiger partial charge in [-0.2, -0.15) is 0 Å². The predicted molar refractivity (Wildman–Crippen MR) is 90.6 cm³/mol. The van der Waals surface area contributed by atoms with Gasteiger partial charge in [0.1, 0.15) is 0 Å². The summed E-state index contributed by atoms with van der Waals surface area (Å²) in [5.41, 5.74) is 1.37. The molecule has 2 aromatic rings. The van der Waals surface area contributed by atoms with E-state index < -0.39 is 0 Å². The summed E-state index contributed by atoms with van der Waals surface area (Å²) in [6, 6.07) is 9.01. The minimum Gasteiger partial charge on any atom is -0.314 e. The second-order valence-electron chi connectivity index (χ2n) is 5.33. The summed E-state index contributed by atoms with van der Waals surface area (Å²) in [6.07, 6.45) is 3.05. The molecular formula is C16H21BrN2S. The minimum absolute atomic E-state index is 0.466. The van der Waals surface area contributed by atoms with Crippen LogP contribution in [0.3, 0.4) is 0 Å². The zero-order valence-corrected chi connectivity index (χ0v) is 14.6.